The fourth-order valence-electron chi connectivity index (χ4n) is 1.51. The van der Waals surface area contributed by atoms with Crippen molar-refractivity contribution in [2.45, 2.75) is 6.92 Å². The predicted octanol–water partition coefficient (Wildman–Crippen LogP) is 2.02. The van der Waals surface area contributed by atoms with Gasteiger partial charge in [0.05, 0.1) is 0 Å². The highest BCUT2D eigenvalue weighted by atomic mass is 16.1. The Bertz CT molecular complexity index is 450. The number of rotatable bonds is 2. The molecule has 0 aliphatic rings. The van der Waals surface area contributed by atoms with E-state index in [1.54, 1.807) is 24.3 Å². The van der Waals surface area contributed by atoms with E-state index in [0.717, 1.165) is 5.56 Å². The van der Waals surface area contributed by atoms with Gasteiger partial charge in [0, 0.05) is 11.1 Å². The van der Waals surface area contributed by atoms with Crippen LogP contribution in [0, 0.1) is 6.92 Å². The first-order chi connectivity index (χ1) is 7.66. The summed E-state index contributed by atoms with van der Waals surface area (Å²) in [5.41, 5.74) is 3.18. The van der Waals surface area contributed by atoms with Crippen LogP contribution in [-0.4, -0.2) is 13.6 Å². The van der Waals surface area contributed by atoms with Gasteiger partial charge in [-0.25, -0.2) is 0 Å². The molecule has 0 aliphatic carbocycles. The molecule has 0 fully saturated rings. The Hall–Kier alpha value is -1.83. The van der Waals surface area contributed by atoms with Crippen molar-refractivity contribution in [2.75, 3.05) is 0 Å². The van der Waals surface area contributed by atoms with Gasteiger partial charge in [0.25, 0.3) is 0 Å². The van der Waals surface area contributed by atoms with Crippen molar-refractivity contribution in [1.82, 2.24) is 0 Å². The van der Waals surface area contributed by atoms with Gasteiger partial charge in [-0.3, -0.25) is 4.79 Å². The summed E-state index contributed by atoms with van der Waals surface area (Å²) in [5.74, 6) is 0.0278. The second kappa shape index (κ2) is 4.36. The largest absolute Gasteiger partial charge is 0.289 e. The van der Waals surface area contributed by atoms with Crippen LogP contribution < -0.4 is 5.46 Å². The molecule has 2 aromatic rings. The van der Waals surface area contributed by atoms with Gasteiger partial charge in [0.1, 0.15) is 7.85 Å². The monoisotopic (exact) mass is 206 g/mol. The van der Waals surface area contributed by atoms with Crippen LogP contribution >= 0.6 is 0 Å². The molecule has 2 aromatic carbocycles. The third kappa shape index (κ3) is 2.22. The summed E-state index contributed by atoms with van der Waals surface area (Å²) in [6, 6.07) is 14.5. The summed E-state index contributed by atoms with van der Waals surface area (Å²) >= 11 is 0. The number of carbonyl (C=O) groups excluding carboxylic acids is 1. The molecule has 0 atom stereocenters. The molecule has 1 nitrogen and oxygen atoms in total. The molecular weight excluding hydrogens is 195 g/mol. The molecule has 0 saturated carbocycles. The van der Waals surface area contributed by atoms with Gasteiger partial charge in [-0.1, -0.05) is 59.6 Å². The van der Waals surface area contributed by atoms with E-state index < -0.39 is 0 Å². The van der Waals surface area contributed by atoms with Crippen LogP contribution in [0.4, 0.5) is 0 Å². The zero-order chi connectivity index (χ0) is 11.5. The summed E-state index contributed by atoms with van der Waals surface area (Å²) in [4.78, 5) is 12.0. The molecule has 0 N–H and O–H groups in total. The van der Waals surface area contributed by atoms with Crippen LogP contribution in [-0.2, 0) is 0 Å². The van der Waals surface area contributed by atoms with Crippen molar-refractivity contribution in [3.8, 4) is 0 Å². The lowest BCUT2D eigenvalue weighted by molar-refractivity contribution is 0.103. The van der Waals surface area contributed by atoms with Gasteiger partial charge in [-0.15, -0.1) is 0 Å². The molecule has 0 bridgehead atoms. The fraction of sp³-hybridized carbons (Fsp3) is 0.0714. The highest BCUT2D eigenvalue weighted by Gasteiger charge is 2.07. The van der Waals surface area contributed by atoms with E-state index in [1.165, 1.54) is 0 Å². The van der Waals surface area contributed by atoms with E-state index in [0.29, 0.717) is 16.6 Å². The number of aryl methyl sites for hydroxylation is 1. The summed E-state index contributed by atoms with van der Waals surface area (Å²) in [5, 5.41) is 0. The third-order valence-electron chi connectivity index (χ3n) is 2.49. The van der Waals surface area contributed by atoms with Crippen molar-refractivity contribution >= 4 is 19.1 Å². The first-order valence-electron chi connectivity index (χ1n) is 5.14. The zero-order valence-corrected chi connectivity index (χ0v) is 9.10. The van der Waals surface area contributed by atoms with Crippen molar-refractivity contribution in [1.29, 1.82) is 0 Å². The van der Waals surface area contributed by atoms with Crippen LogP contribution in [0.3, 0.4) is 0 Å². The lowest BCUT2D eigenvalue weighted by Crippen LogP contribution is -2.05. The van der Waals surface area contributed by atoms with Crippen molar-refractivity contribution in [3.05, 3.63) is 65.2 Å². The summed E-state index contributed by atoms with van der Waals surface area (Å²) < 4.78 is 0. The molecule has 0 heterocycles. The third-order valence-corrected chi connectivity index (χ3v) is 2.49. The first kappa shape index (κ1) is 10.7. The molecule has 0 aromatic heterocycles. The minimum Gasteiger partial charge on any atom is -0.289 e. The molecule has 0 saturated heterocycles. The molecule has 0 spiro atoms. The number of hydrogen-bond acceptors (Lipinski definition) is 1. The Balaban J connectivity index is 2.32. The smallest absolute Gasteiger partial charge is 0.193 e. The van der Waals surface area contributed by atoms with Gasteiger partial charge in [0.2, 0.25) is 0 Å². The predicted molar refractivity (Wildman–Crippen MR) is 66.4 cm³/mol. The van der Waals surface area contributed by atoms with E-state index >= 15 is 0 Å². The van der Waals surface area contributed by atoms with Crippen LogP contribution in [0.5, 0.6) is 0 Å². The highest BCUT2D eigenvalue weighted by Crippen LogP contribution is 2.09. The maximum absolute atomic E-state index is 12.0. The number of benzene rings is 2. The van der Waals surface area contributed by atoms with Gasteiger partial charge in [0.15, 0.2) is 5.78 Å². The molecule has 2 heteroatoms. The molecular formula is C14H11BO. The lowest BCUT2D eigenvalue weighted by Gasteiger charge is -2.02. The summed E-state index contributed by atoms with van der Waals surface area (Å²) in [7, 11) is 5.57. The van der Waals surface area contributed by atoms with Gasteiger partial charge in [-0.05, 0) is 6.92 Å². The van der Waals surface area contributed by atoms with E-state index in [1.807, 2.05) is 31.2 Å². The van der Waals surface area contributed by atoms with E-state index in [2.05, 4.69) is 0 Å². The fourth-order valence-corrected chi connectivity index (χ4v) is 1.51. The topological polar surface area (TPSA) is 17.1 Å². The van der Waals surface area contributed by atoms with Crippen LogP contribution in [0.15, 0.2) is 48.5 Å². The van der Waals surface area contributed by atoms with Gasteiger partial charge < -0.3 is 0 Å². The standard InChI is InChI=1S/C14H11BO/c1-10-2-4-11(5-3-10)14(16)12-6-8-13(15)9-7-12/h2-9H,1H3. The highest BCUT2D eigenvalue weighted by molar-refractivity contribution is 6.32. The summed E-state index contributed by atoms with van der Waals surface area (Å²) in [6.07, 6.45) is 0. The van der Waals surface area contributed by atoms with E-state index in [-0.39, 0.29) is 5.78 Å². The van der Waals surface area contributed by atoms with Crippen LogP contribution in [0.25, 0.3) is 0 Å². The molecule has 0 aliphatic heterocycles. The van der Waals surface area contributed by atoms with Crippen LogP contribution in [0.1, 0.15) is 21.5 Å². The lowest BCUT2D eigenvalue weighted by atomic mass is 9.93. The normalized spacial score (nSPS) is 10.1. The van der Waals surface area contributed by atoms with Crippen LogP contribution in [0.2, 0.25) is 0 Å². The van der Waals surface area contributed by atoms with Gasteiger partial charge in [-0.2, -0.15) is 0 Å². The second-order valence-corrected chi connectivity index (χ2v) is 3.82. The van der Waals surface area contributed by atoms with Crippen molar-refractivity contribution in [2.24, 2.45) is 0 Å². The molecule has 2 radical (unpaired) electrons. The zero-order valence-electron chi connectivity index (χ0n) is 9.10. The minimum atomic E-state index is 0.0278. The Morgan fingerprint density at radius 2 is 1.31 bits per heavy atom. The Morgan fingerprint density at radius 3 is 1.81 bits per heavy atom. The number of carbonyl (C=O) groups is 1. The minimum absolute atomic E-state index is 0.0278. The maximum atomic E-state index is 12.0. The summed E-state index contributed by atoms with van der Waals surface area (Å²) in [6.45, 7) is 2.00. The molecule has 0 amide bonds. The number of ketones is 1. The quantitative estimate of drug-likeness (QED) is 0.542. The Labute approximate surface area is 96.5 Å². The average Bonchev–Trinajstić information content (AvgIpc) is 2.30. The Morgan fingerprint density at radius 1 is 0.875 bits per heavy atom. The molecule has 2 rings (SSSR count). The number of hydrogen-bond donors (Lipinski definition) is 0. The first-order valence-corrected chi connectivity index (χ1v) is 5.14. The van der Waals surface area contributed by atoms with E-state index in [9.17, 15) is 4.79 Å². The van der Waals surface area contributed by atoms with E-state index in [4.69, 9.17) is 7.85 Å². The van der Waals surface area contributed by atoms with Crippen molar-refractivity contribution in [3.63, 3.8) is 0 Å². The molecule has 76 valence electrons. The molecule has 0 unspecified atom stereocenters. The van der Waals surface area contributed by atoms with Crippen molar-refractivity contribution < 1.29 is 4.79 Å². The average molecular weight is 206 g/mol. The molecule has 16 heavy (non-hydrogen) atoms. The second-order valence-electron chi connectivity index (χ2n) is 3.82. The maximum Gasteiger partial charge on any atom is 0.193 e. The van der Waals surface area contributed by atoms with Gasteiger partial charge >= 0.3 is 0 Å². The Kier molecular flexibility index (Phi) is 2.91. The SMILES string of the molecule is [B]c1ccc(C(=O)c2ccc(C)cc2)cc1.